The van der Waals surface area contributed by atoms with Gasteiger partial charge in [0.15, 0.2) is 0 Å². The van der Waals surface area contributed by atoms with Crippen LogP contribution >= 0.6 is 0 Å². The second kappa shape index (κ2) is 8.62. The first-order chi connectivity index (χ1) is 13.1. The van der Waals surface area contributed by atoms with E-state index in [1.54, 1.807) is 36.4 Å². The molecule has 6 heteroatoms. The van der Waals surface area contributed by atoms with Crippen LogP contribution in [0.4, 0.5) is 21.5 Å². The molecule has 136 valence electrons. The van der Waals surface area contributed by atoms with E-state index in [1.165, 1.54) is 24.3 Å². The van der Waals surface area contributed by atoms with Crippen LogP contribution in [0.1, 0.15) is 10.4 Å². The second-order valence-electron chi connectivity index (χ2n) is 5.77. The molecule has 5 nitrogen and oxygen atoms in total. The number of halogens is 1. The zero-order valence-corrected chi connectivity index (χ0v) is 14.4. The van der Waals surface area contributed by atoms with Crippen LogP contribution in [-0.4, -0.2) is 18.4 Å². The maximum atomic E-state index is 13.0. The van der Waals surface area contributed by atoms with Crippen molar-refractivity contribution in [2.45, 2.75) is 0 Å². The maximum absolute atomic E-state index is 13.0. The molecule has 0 unspecified atom stereocenters. The maximum Gasteiger partial charge on any atom is 0.257 e. The predicted molar refractivity (Wildman–Crippen MR) is 104 cm³/mol. The minimum absolute atomic E-state index is 0.00966. The first-order valence-electron chi connectivity index (χ1n) is 8.36. The van der Waals surface area contributed by atoms with Crippen molar-refractivity contribution < 1.29 is 14.0 Å². The molecule has 0 heterocycles. The highest BCUT2D eigenvalue weighted by molar-refractivity contribution is 6.08. The lowest BCUT2D eigenvalue weighted by atomic mass is 10.1. The number of hydrogen-bond donors (Lipinski definition) is 3. The van der Waals surface area contributed by atoms with Crippen molar-refractivity contribution in [1.29, 1.82) is 0 Å². The number of carbonyl (C=O) groups excluding carboxylic acids is 2. The van der Waals surface area contributed by atoms with Gasteiger partial charge >= 0.3 is 0 Å². The standard InChI is InChI=1S/C21H18FN3O2/c22-15-10-12-17(13-11-15)25-21(27)18-8-4-5-9-19(18)23-14-20(26)24-16-6-2-1-3-7-16/h1-13,23H,14H2,(H,24,26)(H,25,27). The van der Waals surface area contributed by atoms with Crippen molar-refractivity contribution >= 4 is 28.9 Å². The van der Waals surface area contributed by atoms with Gasteiger partial charge in [0.1, 0.15) is 5.82 Å². The lowest BCUT2D eigenvalue weighted by Crippen LogP contribution is -2.23. The number of rotatable bonds is 6. The highest BCUT2D eigenvalue weighted by Crippen LogP contribution is 2.17. The highest BCUT2D eigenvalue weighted by atomic mass is 19.1. The molecule has 3 N–H and O–H groups in total. The molecule has 27 heavy (non-hydrogen) atoms. The first-order valence-corrected chi connectivity index (χ1v) is 8.36. The van der Waals surface area contributed by atoms with E-state index in [9.17, 15) is 14.0 Å². The van der Waals surface area contributed by atoms with Gasteiger partial charge in [0.2, 0.25) is 5.91 Å². The summed E-state index contributed by atoms with van der Waals surface area (Å²) in [5.41, 5.74) is 2.10. The molecule has 0 bridgehead atoms. The predicted octanol–water partition coefficient (Wildman–Crippen LogP) is 4.13. The summed E-state index contributed by atoms with van der Waals surface area (Å²) in [5, 5.41) is 8.45. The van der Waals surface area contributed by atoms with E-state index < -0.39 is 0 Å². The fourth-order valence-corrected chi connectivity index (χ4v) is 2.47. The van der Waals surface area contributed by atoms with Crippen LogP contribution in [0.2, 0.25) is 0 Å². The van der Waals surface area contributed by atoms with E-state index in [2.05, 4.69) is 16.0 Å². The molecule has 0 aliphatic heterocycles. The van der Waals surface area contributed by atoms with Crippen LogP contribution in [0, 0.1) is 5.82 Å². The number of carbonyl (C=O) groups is 2. The summed E-state index contributed by atoms with van der Waals surface area (Å²) < 4.78 is 13.0. The summed E-state index contributed by atoms with van der Waals surface area (Å²) in [4.78, 5) is 24.6. The molecule has 3 rings (SSSR count). The van der Waals surface area contributed by atoms with Crippen LogP contribution in [-0.2, 0) is 4.79 Å². The summed E-state index contributed by atoms with van der Waals surface area (Å²) >= 11 is 0. The molecule has 0 aliphatic rings. The number of nitrogens with one attached hydrogen (secondary N) is 3. The third kappa shape index (κ3) is 5.15. The Labute approximate surface area is 156 Å². The Hall–Kier alpha value is -3.67. The van der Waals surface area contributed by atoms with Crippen molar-refractivity contribution in [3.63, 3.8) is 0 Å². The Bertz CT molecular complexity index is 928. The van der Waals surface area contributed by atoms with Crippen LogP contribution in [0.15, 0.2) is 78.9 Å². The van der Waals surface area contributed by atoms with Crippen molar-refractivity contribution in [3.05, 3.63) is 90.2 Å². The zero-order valence-electron chi connectivity index (χ0n) is 14.4. The van der Waals surface area contributed by atoms with Gasteiger partial charge in [0.05, 0.1) is 12.1 Å². The second-order valence-corrected chi connectivity index (χ2v) is 5.77. The topological polar surface area (TPSA) is 70.2 Å². The summed E-state index contributed by atoms with van der Waals surface area (Å²) in [6.07, 6.45) is 0. The lowest BCUT2D eigenvalue weighted by Gasteiger charge is -2.12. The third-order valence-corrected chi connectivity index (χ3v) is 3.77. The zero-order chi connectivity index (χ0) is 19.1. The molecule has 0 aliphatic carbocycles. The molecule has 0 spiro atoms. The van der Waals surface area contributed by atoms with E-state index in [1.807, 2.05) is 18.2 Å². The molecule has 3 aromatic rings. The van der Waals surface area contributed by atoms with Gasteiger partial charge in [-0.2, -0.15) is 0 Å². The largest absolute Gasteiger partial charge is 0.376 e. The van der Waals surface area contributed by atoms with Gasteiger partial charge in [-0.1, -0.05) is 30.3 Å². The molecule has 0 saturated carbocycles. The van der Waals surface area contributed by atoms with Crippen molar-refractivity contribution in [3.8, 4) is 0 Å². The fraction of sp³-hybridized carbons (Fsp3) is 0.0476. The minimum Gasteiger partial charge on any atom is -0.376 e. The highest BCUT2D eigenvalue weighted by Gasteiger charge is 2.12. The van der Waals surface area contributed by atoms with Gasteiger partial charge in [-0.05, 0) is 48.5 Å². The molecule has 0 atom stereocenters. The van der Waals surface area contributed by atoms with E-state index in [0.29, 0.717) is 22.6 Å². The molecule has 2 amide bonds. The van der Waals surface area contributed by atoms with Crippen molar-refractivity contribution in [2.75, 3.05) is 22.5 Å². The molecule has 0 fully saturated rings. The smallest absolute Gasteiger partial charge is 0.257 e. The van der Waals surface area contributed by atoms with Gasteiger partial charge in [-0.15, -0.1) is 0 Å². The van der Waals surface area contributed by atoms with E-state index >= 15 is 0 Å². The van der Waals surface area contributed by atoms with Gasteiger partial charge in [0, 0.05) is 17.1 Å². The number of benzene rings is 3. The Morgan fingerprint density at radius 2 is 1.37 bits per heavy atom. The first kappa shape index (κ1) is 18.1. The summed E-state index contributed by atoms with van der Waals surface area (Å²) in [6.45, 7) is 0.00966. The number of para-hydroxylation sites is 2. The average molecular weight is 363 g/mol. The molecule has 0 aromatic heterocycles. The van der Waals surface area contributed by atoms with Gasteiger partial charge < -0.3 is 16.0 Å². The van der Waals surface area contributed by atoms with Crippen molar-refractivity contribution in [2.24, 2.45) is 0 Å². The van der Waals surface area contributed by atoms with Crippen molar-refractivity contribution in [1.82, 2.24) is 0 Å². The van der Waals surface area contributed by atoms with Gasteiger partial charge in [-0.3, -0.25) is 9.59 Å². The SMILES string of the molecule is O=C(CNc1ccccc1C(=O)Nc1ccc(F)cc1)Nc1ccccc1. The van der Waals surface area contributed by atoms with E-state index in [4.69, 9.17) is 0 Å². The van der Waals surface area contributed by atoms with Crippen LogP contribution in [0.3, 0.4) is 0 Å². The lowest BCUT2D eigenvalue weighted by molar-refractivity contribution is -0.114. The molecular weight excluding hydrogens is 345 g/mol. The minimum atomic E-state index is -0.375. The monoisotopic (exact) mass is 363 g/mol. The normalized spacial score (nSPS) is 10.1. The summed E-state index contributed by atoms with van der Waals surface area (Å²) in [7, 11) is 0. The number of anilines is 3. The van der Waals surface area contributed by atoms with Crippen LogP contribution in [0.25, 0.3) is 0 Å². The Morgan fingerprint density at radius 1 is 0.741 bits per heavy atom. The Morgan fingerprint density at radius 3 is 2.11 bits per heavy atom. The fourth-order valence-electron chi connectivity index (χ4n) is 2.47. The molecule has 0 radical (unpaired) electrons. The summed E-state index contributed by atoms with van der Waals surface area (Å²) in [6, 6.07) is 21.5. The molecule has 0 saturated heterocycles. The van der Waals surface area contributed by atoms with Crippen LogP contribution in [0.5, 0.6) is 0 Å². The van der Waals surface area contributed by atoms with Crippen LogP contribution < -0.4 is 16.0 Å². The average Bonchev–Trinajstić information content (AvgIpc) is 2.69. The van der Waals surface area contributed by atoms with Gasteiger partial charge in [0.25, 0.3) is 5.91 Å². The number of amides is 2. The quantitative estimate of drug-likeness (QED) is 0.617. The summed E-state index contributed by atoms with van der Waals surface area (Å²) in [5.74, 6) is -0.956. The molecular formula is C21H18FN3O2. The van der Waals surface area contributed by atoms with Gasteiger partial charge in [-0.25, -0.2) is 4.39 Å². The number of hydrogen-bond acceptors (Lipinski definition) is 3. The van der Waals surface area contributed by atoms with E-state index in [-0.39, 0.29) is 24.2 Å². The van der Waals surface area contributed by atoms with E-state index in [0.717, 1.165) is 0 Å². The third-order valence-electron chi connectivity index (χ3n) is 3.77. The Balaban J connectivity index is 1.63. The molecule has 3 aromatic carbocycles. The Kier molecular flexibility index (Phi) is 5.79.